The number of rotatable bonds is 4. The number of aromatic nitrogens is 1. The zero-order valence-electron chi connectivity index (χ0n) is 11.6. The molecule has 0 bridgehead atoms. The van der Waals surface area contributed by atoms with Crippen LogP contribution in [0.4, 0.5) is 18.0 Å². The fraction of sp³-hybridized carbons (Fsp3) is 0.667. The Morgan fingerprint density at radius 2 is 1.95 bits per heavy atom. The van der Waals surface area contributed by atoms with Crippen LogP contribution in [0.3, 0.4) is 0 Å². The van der Waals surface area contributed by atoms with E-state index in [-0.39, 0.29) is 0 Å². The zero-order valence-corrected chi connectivity index (χ0v) is 11.6. The molecule has 1 aromatic heterocycles. The van der Waals surface area contributed by atoms with Crippen molar-refractivity contribution in [3.05, 3.63) is 21.7 Å². The van der Waals surface area contributed by atoms with Gasteiger partial charge in [0.1, 0.15) is 6.54 Å². The van der Waals surface area contributed by atoms with Gasteiger partial charge in [0.2, 0.25) is 0 Å². The quantitative estimate of drug-likeness (QED) is 0.857. The van der Waals surface area contributed by atoms with Crippen LogP contribution in [-0.2, 0) is 12.8 Å². The summed E-state index contributed by atoms with van der Waals surface area (Å²) in [5, 5.41) is 0. The van der Waals surface area contributed by atoms with E-state index in [0.717, 1.165) is 7.05 Å². The molecule has 20 heavy (non-hydrogen) atoms. The Morgan fingerprint density at radius 3 is 2.40 bits per heavy atom. The predicted molar refractivity (Wildman–Crippen MR) is 65.8 cm³/mol. The van der Waals surface area contributed by atoms with Gasteiger partial charge in [0.15, 0.2) is 0 Å². The zero-order chi connectivity index (χ0) is 15.5. The lowest BCUT2D eigenvalue weighted by atomic mass is 10.1. The van der Waals surface area contributed by atoms with Crippen LogP contribution in [0.25, 0.3) is 0 Å². The summed E-state index contributed by atoms with van der Waals surface area (Å²) in [4.78, 5) is 24.0. The van der Waals surface area contributed by atoms with E-state index >= 15 is 0 Å². The first kappa shape index (κ1) is 16.3. The summed E-state index contributed by atoms with van der Waals surface area (Å²) in [5.74, 6) is 0. The molecule has 0 aromatic carbocycles. The molecule has 0 N–H and O–H groups in total. The van der Waals surface area contributed by atoms with Crippen LogP contribution in [0.5, 0.6) is 0 Å². The van der Waals surface area contributed by atoms with E-state index in [1.54, 1.807) is 6.92 Å². The van der Waals surface area contributed by atoms with Gasteiger partial charge in [-0.05, 0) is 12.8 Å². The van der Waals surface area contributed by atoms with Gasteiger partial charge in [0, 0.05) is 7.05 Å². The van der Waals surface area contributed by atoms with Crippen LogP contribution in [0, 0.1) is 0 Å². The second-order valence-corrected chi connectivity index (χ2v) is 4.46. The first-order chi connectivity index (χ1) is 9.21. The third-order valence-electron chi connectivity index (χ3n) is 2.77. The maximum atomic E-state index is 12.3. The van der Waals surface area contributed by atoms with Crippen molar-refractivity contribution >= 4 is 6.03 Å². The van der Waals surface area contributed by atoms with Gasteiger partial charge in [-0.1, -0.05) is 20.3 Å². The van der Waals surface area contributed by atoms with Crippen molar-refractivity contribution in [2.75, 3.05) is 13.6 Å². The lowest BCUT2D eigenvalue weighted by Gasteiger charge is -2.19. The molecule has 0 aliphatic carbocycles. The minimum atomic E-state index is -4.50. The SMILES string of the molecule is CCCc1c(CC)c(=O)on1C(=O)N(C)CC(F)(F)F. The number of carbonyl (C=O) groups excluding carboxylic acids is 1. The molecule has 0 atom stereocenters. The van der Waals surface area contributed by atoms with Crippen molar-refractivity contribution in [3.63, 3.8) is 0 Å². The summed E-state index contributed by atoms with van der Waals surface area (Å²) in [6.07, 6.45) is -3.11. The van der Waals surface area contributed by atoms with E-state index < -0.39 is 24.4 Å². The van der Waals surface area contributed by atoms with Gasteiger partial charge < -0.3 is 9.42 Å². The largest absolute Gasteiger partial charge is 0.406 e. The molecular weight excluding hydrogens is 277 g/mol. The number of carbonyl (C=O) groups is 1. The minimum Gasteiger partial charge on any atom is -0.327 e. The van der Waals surface area contributed by atoms with E-state index in [1.807, 2.05) is 6.92 Å². The molecule has 1 amide bonds. The molecule has 0 aliphatic heterocycles. The predicted octanol–water partition coefficient (Wildman–Crippen LogP) is 2.42. The summed E-state index contributed by atoms with van der Waals surface area (Å²) in [5.41, 5.74) is 0.00402. The van der Waals surface area contributed by atoms with Crippen LogP contribution in [-0.4, -0.2) is 35.4 Å². The van der Waals surface area contributed by atoms with Crippen LogP contribution >= 0.6 is 0 Å². The summed E-state index contributed by atoms with van der Waals surface area (Å²) in [7, 11) is 1.01. The maximum Gasteiger partial charge on any atom is 0.406 e. The summed E-state index contributed by atoms with van der Waals surface area (Å²) in [6.45, 7) is 2.16. The third-order valence-corrected chi connectivity index (χ3v) is 2.77. The lowest BCUT2D eigenvalue weighted by Crippen LogP contribution is -2.38. The standard InChI is InChI=1S/C12H17F3N2O3/c1-4-6-9-8(5-2)10(18)20-17(9)11(19)16(3)7-12(13,14)15/h4-7H2,1-3H3. The topological polar surface area (TPSA) is 55.5 Å². The van der Waals surface area contributed by atoms with Gasteiger partial charge in [-0.3, -0.25) is 0 Å². The van der Waals surface area contributed by atoms with Gasteiger partial charge in [0.05, 0.1) is 11.3 Å². The second-order valence-electron chi connectivity index (χ2n) is 4.46. The van der Waals surface area contributed by atoms with Crippen molar-refractivity contribution in [3.8, 4) is 0 Å². The van der Waals surface area contributed by atoms with Crippen LogP contribution < -0.4 is 5.63 Å². The van der Waals surface area contributed by atoms with E-state index in [9.17, 15) is 22.8 Å². The van der Waals surface area contributed by atoms with Gasteiger partial charge in [-0.25, -0.2) is 9.59 Å². The maximum absolute atomic E-state index is 12.3. The highest BCUT2D eigenvalue weighted by Gasteiger charge is 2.33. The molecule has 114 valence electrons. The number of halogens is 3. The smallest absolute Gasteiger partial charge is 0.327 e. The molecule has 0 radical (unpaired) electrons. The van der Waals surface area contributed by atoms with E-state index in [1.165, 1.54) is 0 Å². The van der Waals surface area contributed by atoms with Crippen molar-refractivity contribution in [1.29, 1.82) is 0 Å². The lowest BCUT2D eigenvalue weighted by molar-refractivity contribution is -0.138. The molecule has 1 heterocycles. The molecule has 1 rings (SSSR count). The number of nitrogens with zero attached hydrogens (tertiary/aromatic N) is 2. The minimum absolute atomic E-state index is 0.334. The molecule has 0 aliphatic rings. The fourth-order valence-corrected chi connectivity index (χ4v) is 1.92. The number of hydrogen-bond donors (Lipinski definition) is 0. The highest BCUT2D eigenvalue weighted by atomic mass is 19.4. The second kappa shape index (κ2) is 6.15. The summed E-state index contributed by atoms with van der Waals surface area (Å²) >= 11 is 0. The molecule has 0 spiro atoms. The molecular formula is C12H17F3N2O3. The van der Waals surface area contributed by atoms with Gasteiger partial charge in [-0.15, -0.1) is 4.74 Å². The van der Waals surface area contributed by atoms with Crippen LogP contribution in [0.15, 0.2) is 9.32 Å². The summed E-state index contributed by atoms with van der Waals surface area (Å²) < 4.78 is 42.3. The Balaban J connectivity index is 3.12. The van der Waals surface area contributed by atoms with E-state index in [2.05, 4.69) is 0 Å². The Kier molecular flexibility index (Phi) is 5.02. The van der Waals surface area contributed by atoms with E-state index in [0.29, 0.717) is 40.2 Å². The Bertz CT molecular complexity index is 531. The number of hydrogen-bond acceptors (Lipinski definition) is 3. The Labute approximate surface area is 113 Å². The molecule has 0 unspecified atom stereocenters. The summed E-state index contributed by atoms with van der Waals surface area (Å²) in [6, 6.07) is -0.998. The first-order valence-electron chi connectivity index (χ1n) is 6.27. The highest BCUT2D eigenvalue weighted by Crippen LogP contribution is 2.17. The third kappa shape index (κ3) is 3.64. The monoisotopic (exact) mass is 294 g/mol. The Hall–Kier alpha value is -1.73. The van der Waals surface area contributed by atoms with Gasteiger partial charge in [-0.2, -0.15) is 13.2 Å². The average molecular weight is 294 g/mol. The highest BCUT2D eigenvalue weighted by molar-refractivity contribution is 5.76. The van der Waals surface area contributed by atoms with Crippen molar-refractivity contribution in [1.82, 2.24) is 9.64 Å². The molecule has 5 nitrogen and oxygen atoms in total. The van der Waals surface area contributed by atoms with Gasteiger partial charge in [0.25, 0.3) is 0 Å². The molecule has 0 saturated heterocycles. The molecule has 8 heteroatoms. The number of amides is 1. The average Bonchev–Trinajstić information content (AvgIpc) is 2.63. The fourth-order valence-electron chi connectivity index (χ4n) is 1.92. The normalized spacial score (nSPS) is 11.7. The number of alkyl halides is 3. The van der Waals surface area contributed by atoms with Crippen molar-refractivity contribution in [2.45, 2.75) is 39.3 Å². The van der Waals surface area contributed by atoms with Crippen molar-refractivity contribution in [2.24, 2.45) is 0 Å². The van der Waals surface area contributed by atoms with Crippen LogP contribution in [0.1, 0.15) is 31.5 Å². The Morgan fingerprint density at radius 1 is 1.35 bits per heavy atom. The van der Waals surface area contributed by atoms with Crippen molar-refractivity contribution < 1.29 is 22.5 Å². The van der Waals surface area contributed by atoms with Crippen LogP contribution in [0.2, 0.25) is 0 Å². The van der Waals surface area contributed by atoms with Gasteiger partial charge >= 0.3 is 17.8 Å². The van der Waals surface area contributed by atoms with E-state index in [4.69, 9.17) is 4.52 Å². The first-order valence-corrected chi connectivity index (χ1v) is 6.27. The molecule has 0 fully saturated rings. The molecule has 1 aromatic rings. The molecule has 0 saturated carbocycles.